The summed E-state index contributed by atoms with van der Waals surface area (Å²) in [6.45, 7) is 0. The van der Waals surface area contributed by atoms with Crippen LogP contribution in [0.2, 0.25) is 10.0 Å². The van der Waals surface area contributed by atoms with Gasteiger partial charge in [0.2, 0.25) is 5.43 Å². The first-order valence-electron chi connectivity index (χ1n) is 6.91. The van der Waals surface area contributed by atoms with E-state index in [-0.39, 0.29) is 0 Å². The third kappa shape index (κ3) is 3.08. The second-order valence-corrected chi connectivity index (χ2v) is 5.89. The fraction of sp³-hybridized carbons (Fsp3) is 0. The lowest BCUT2D eigenvalue weighted by Gasteiger charge is -2.16. The van der Waals surface area contributed by atoms with Gasteiger partial charge in [-0.05, 0) is 12.1 Å². The molecular weight excluding hydrogens is 417 g/mol. The minimum absolute atomic E-state index is 0.458. The molecule has 0 aliphatic carbocycles. The molecule has 3 aromatic rings. The number of ether oxygens (including phenoxy) is 1. The van der Waals surface area contributed by atoms with Crippen molar-refractivity contribution in [2.24, 2.45) is 0 Å². The smallest absolute Gasteiger partial charge is 0.449 e. The normalized spacial score (nSPS) is 11.0. The molecular formula is C16H5Cl2F4NO4. The highest BCUT2D eigenvalue weighted by atomic mass is 35.5. The van der Waals surface area contributed by atoms with Gasteiger partial charge in [-0.15, -0.1) is 0 Å². The van der Waals surface area contributed by atoms with Crippen molar-refractivity contribution >= 4 is 40.3 Å². The van der Waals surface area contributed by atoms with Gasteiger partial charge in [-0.25, -0.2) is 22.4 Å². The van der Waals surface area contributed by atoms with Gasteiger partial charge in [-0.2, -0.15) is 0 Å². The van der Waals surface area contributed by atoms with Gasteiger partial charge in [0, 0.05) is 6.07 Å². The average molecular weight is 422 g/mol. The van der Waals surface area contributed by atoms with Crippen molar-refractivity contribution in [3.63, 3.8) is 0 Å². The fourth-order valence-corrected chi connectivity index (χ4v) is 2.98. The molecule has 140 valence electrons. The number of pyridine rings is 1. The van der Waals surface area contributed by atoms with Gasteiger partial charge in [-0.1, -0.05) is 23.2 Å². The van der Waals surface area contributed by atoms with Gasteiger partial charge in [-0.3, -0.25) is 4.79 Å². The molecule has 0 unspecified atom stereocenters. The molecule has 11 heteroatoms. The first-order chi connectivity index (χ1) is 12.6. The Balaban J connectivity index is 2.57. The summed E-state index contributed by atoms with van der Waals surface area (Å²) in [7, 11) is 0. The van der Waals surface area contributed by atoms with Crippen molar-refractivity contribution in [2.45, 2.75) is 0 Å². The highest BCUT2D eigenvalue weighted by Gasteiger charge is 2.26. The number of fused-ring (bicyclic) bond motifs is 1. The number of hydrogen-bond donors (Lipinski definition) is 1. The fourth-order valence-electron chi connectivity index (χ4n) is 2.45. The third-order valence-corrected chi connectivity index (χ3v) is 4.25. The summed E-state index contributed by atoms with van der Waals surface area (Å²) in [4.78, 5) is 23.2. The molecule has 3 rings (SSSR count). The number of hydrogen-bond acceptors (Lipinski definition) is 3. The monoisotopic (exact) mass is 421 g/mol. The van der Waals surface area contributed by atoms with E-state index in [9.17, 15) is 27.2 Å². The zero-order valence-corrected chi connectivity index (χ0v) is 14.2. The molecule has 0 saturated carbocycles. The van der Waals surface area contributed by atoms with Crippen LogP contribution in [0.5, 0.6) is 5.75 Å². The van der Waals surface area contributed by atoms with Crippen LogP contribution < -0.4 is 10.2 Å². The standard InChI is InChI=1S/C16H5Cl2F4NO4/c17-10-9-14(11(18)13(22)12(10)21)23(4-8(15(9)24)27-16(25)26)7-2-1-5(19)3-6(7)20/h1-4H,(H,25,26). The Morgan fingerprint density at radius 1 is 1.07 bits per heavy atom. The average Bonchev–Trinajstić information content (AvgIpc) is 2.59. The summed E-state index contributed by atoms with van der Waals surface area (Å²) in [5.74, 6) is -6.27. The first kappa shape index (κ1) is 19.0. The highest BCUT2D eigenvalue weighted by molar-refractivity contribution is 6.40. The summed E-state index contributed by atoms with van der Waals surface area (Å²) in [6.07, 6.45) is -1.21. The van der Waals surface area contributed by atoms with E-state index in [1.54, 1.807) is 0 Å². The molecule has 5 nitrogen and oxygen atoms in total. The van der Waals surface area contributed by atoms with Crippen LogP contribution in [0.3, 0.4) is 0 Å². The molecule has 0 aliphatic heterocycles. The maximum absolute atomic E-state index is 14.2. The quantitative estimate of drug-likeness (QED) is 0.276. The Bertz CT molecular complexity index is 1180. The lowest BCUT2D eigenvalue weighted by atomic mass is 10.1. The van der Waals surface area contributed by atoms with E-state index < -0.39 is 67.2 Å². The van der Waals surface area contributed by atoms with Crippen LogP contribution in [-0.4, -0.2) is 15.8 Å². The first-order valence-corrected chi connectivity index (χ1v) is 7.66. The Morgan fingerprint density at radius 2 is 1.70 bits per heavy atom. The zero-order valence-electron chi connectivity index (χ0n) is 12.7. The van der Waals surface area contributed by atoms with E-state index in [2.05, 4.69) is 4.74 Å². The number of carbonyl (C=O) groups is 1. The van der Waals surface area contributed by atoms with Gasteiger partial charge in [0.15, 0.2) is 17.4 Å². The van der Waals surface area contributed by atoms with Gasteiger partial charge in [0.1, 0.15) is 16.7 Å². The number of nitrogens with zero attached hydrogens (tertiary/aromatic N) is 1. The van der Waals surface area contributed by atoms with E-state index >= 15 is 0 Å². The maximum Gasteiger partial charge on any atom is 0.511 e. The molecule has 1 N–H and O–H groups in total. The number of benzene rings is 2. The van der Waals surface area contributed by atoms with E-state index in [0.717, 1.165) is 12.1 Å². The van der Waals surface area contributed by atoms with Crippen molar-refractivity contribution in [1.29, 1.82) is 0 Å². The second kappa shape index (κ2) is 6.75. The topological polar surface area (TPSA) is 68.5 Å². The van der Waals surface area contributed by atoms with E-state index in [4.69, 9.17) is 28.3 Å². The molecule has 0 atom stereocenters. The molecule has 0 spiro atoms. The SMILES string of the molecule is O=C(O)Oc1cn(-c2ccc(F)cc2F)c2c(Cl)c(F)c(F)c(Cl)c2c1=O. The Morgan fingerprint density at radius 3 is 2.30 bits per heavy atom. The van der Waals surface area contributed by atoms with Crippen molar-refractivity contribution in [2.75, 3.05) is 0 Å². The summed E-state index contributed by atoms with van der Waals surface area (Å²) in [5.41, 5.74) is -2.24. The van der Waals surface area contributed by atoms with Crippen LogP contribution in [0.1, 0.15) is 0 Å². The Kier molecular flexibility index (Phi) is 4.75. The minimum atomic E-state index is -1.90. The third-order valence-electron chi connectivity index (χ3n) is 3.55. The van der Waals surface area contributed by atoms with Crippen LogP contribution in [0.4, 0.5) is 22.4 Å². The van der Waals surface area contributed by atoms with Gasteiger partial charge in [0.05, 0.1) is 27.8 Å². The summed E-state index contributed by atoms with van der Waals surface area (Å²) >= 11 is 11.5. The predicted molar refractivity (Wildman–Crippen MR) is 88.0 cm³/mol. The van der Waals surface area contributed by atoms with E-state index in [0.29, 0.717) is 16.8 Å². The van der Waals surface area contributed by atoms with E-state index in [1.165, 1.54) is 0 Å². The van der Waals surface area contributed by atoms with Gasteiger partial charge >= 0.3 is 6.16 Å². The second-order valence-electron chi connectivity index (χ2n) is 5.14. The summed E-state index contributed by atoms with van der Waals surface area (Å²) in [6, 6.07) is 2.23. The Hall–Kier alpha value is -2.78. The van der Waals surface area contributed by atoms with Crippen molar-refractivity contribution in [1.82, 2.24) is 4.57 Å². The lowest BCUT2D eigenvalue weighted by Crippen LogP contribution is -2.17. The number of aromatic nitrogens is 1. The van der Waals surface area contributed by atoms with Gasteiger partial charge < -0.3 is 14.4 Å². The van der Waals surface area contributed by atoms with Crippen molar-refractivity contribution < 1.29 is 32.2 Å². The van der Waals surface area contributed by atoms with Crippen LogP contribution >= 0.6 is 23.2 Å². The zero-order chi connectivity index (χ0) is 20.0. The number of rotatable bonds is 2. The molecule has 0 saturated heterocycles. The maximum atomic E-state index is 14.2. The number of carboxylic acid groups (broad SMARTS) is 1. The van der Waals surface area contributed by atoms with Crippen molar-refractivity contribution in [3.05, 3.63) is 67.9 Å². The molecule has 0 amide bonds. The molecule has 0 radical (unpaired) electrons. The lowest BCUT2D eigenvalue weighted by molar-refractivity contribution is 0.144. The number of halogens is 6. The summed E-state index contributed by atoms with van der Waals surface area (Å²) in [5, 5.41) is 6.07. The van der Waals surface area contributed by atoms with Gasteiger partial charge in [0.25, 0.3) is 0 Å². The van der Waals surface area contributed by atoms with E-state index in [1.807, 2.05) is 0 Å². The largest absolute Gasteiger partial charge is 0.511 e. The Labute approximate surface area is 156 Å². The van der Waals surface area contributed by atoms with Crippen molar-refractivity contribution in [3.8, 4) is 11.4 Å². The molecule has 27 heavy (non-hydrogen) atoms. The highest BCUT2D eigenvalue weighted by Crippen LogP contribution is 2.36. The molecule has 1 heterocycles. The van der Waals surface area contributed by atoms with Crippen LogP contribution in [0.15, 0.2) is 29.2 Å². The predicted octanol–water partition coefficient (Wildman–Crippen LogP) is 4.91. The molecule has 1 aromatic heterocycles. The van der Waals surface area contributed by atoms with Crippen LogP contribution in [0, 0.1) is 23.3 Å². The van der Waals surface area contributed by atoms with Crippen LogP contribution in [0.25, 0.3) is 16.6 Å². The minimum Gasteiger partial charge on any atom is -0.449 e. The molecule has 2 aromatic carbocycles. The van der Waals surface area contributed by atoms with Crippen LogP contribution in [-0.2, 0) is 0 Å². The molecule has 0 aliphatic rings. The molecule has 0 bridgehead atoms. The molecule has 0 fully saturated rings. The summed E-state index contributed by atoms with van der Waals surface area (Å²) < 4.78 is 60.4.